The third kappa shape index (κ3) is 2.32. The summed E-state index contributed by atoms with van der Waals surface area (Å²) >= 11 is 0. The normalized spacial score (nSPS) is 12.1. The third-order valence-corrected chi connectivity index (χ3v) is 1.62. The van der Waals surface area contributed by atoms with E-state index in [2.05, 4.69) is 10.4 Å². The Balaban J connectivity index is 2.88. The van der Waals surface area contributed by atoms with Gasteiger partial charge in [0, 0.05) is 20.2 Å². The van der Waals surface area contributed by atoms with Crippen molar-refractivity contribution in [2.45, 2.75) is 13.0 Å². The van der Waals surface area contributed by atoms with Gasteiger partial charge in [0.1, 0.15) is 0 Å². The smallest absolute Gasteiger partial charge is 0.332 e. The van der Waals surface area contributed by atoms with Crippen LogP contribution in [0.4, 0.5) is 0 Å². The molecule has 76 valence electrons. The zero-order valence-corrected chi connectivity index (χ0v) is 7.89. The van der Waals surface area contributed by atoms with Crippen LogP contribution >= 0.6 is 0 Å². The first-order valence-electron chi connectivity index (χ1n) is 4.00. The van der Waals surface area contributed by atoms with Crippen LogP contribution in [0.15, 0.2) is 12.3 Å². The van der Waals surface area contributed by atoms with Gasteiger partial charge in [-0.05, 0) is 6.07 Å². The fraction of sp³-hybridized carbons (Fsp3) is 0.375. The highest BCUT2D eigenvalue weighted by Gasteiger charge is 2.22. The molecule has 1 aromatic heterocycles. The number of aryl methyl sites for hydroxylation is 1. The minimum absolute atomic E-state index is 0.315. The van der Waals surface area contributed by atoms with E-state index in [0.717, 1.165) is 0 Å². The predicted molar refractivity (Wildman–Crippen MR) is 47.4 cm³/mol. The number of hydrogen-bond acceptors (Lipinski definition) is 3. The molecule has 0 bridgehead atoms. The Morgan fingerprint density at radius 2 is 2.29 bits per heavy atom. The number of carboxylic acid groups (broad SMARTS) is 1. The van der Waals surface area contributed by atoms with E-state index in [1.54, 1.807) is 19.3 Å². The number of nitrogens with zero attached hydrogens (tertiary/aromatic N) is 2. The van der Waals surface area contributed by atoms with E-state index in [-0.39, 0.29) is 0 Å². The average molecular weight is 197 g/mol. The van der Waals surface area contributed by atoms with Crippen LogP contribution in [-0.2, 0) is 16.6 Å². The highest BCUT2D eigenvalue weighted by Crippen LogP contribution is 2.09. The molecule has 0 saturated heterocycles. The Morgan fingerprint density at radius 1 is 1.64 bits per heavy atom. The maximum absolute atomic E-state index is 10.8. The van der Waals surface area contributed by atoms with Crippen molar-refractivity contribution >= 4 is 11.9 Å². The number of aromatic nitrogens is 2. The molecule has 0 aliphatic carbocycles. The van der Waals surface area contributed by atoms with Crippen molar-refractivity contribution in [2.24, 2.45) is 7.05 Å². The first-order chi connectivity index (χ1) is 6.50. The number of carboxylic acids is 1. The number of hydrogen-bond donors (Lipinski definition) is 2. The van der Waals surface area contributed by atoms with Crippen molar-refractivity contribution in [2.75, 3.05) is 0 Å². The van der Waals surface area contributed by atoms with Crippen LogP contribution in [0.3, 0.4) is 0 Å². The summed E-state index contributed by atoms with van der Waals surface area (Å²) in [5.74, 6) is -1.53. The third-order valence-electron chi connectivity index (χ3n) is 1.62. The molecule has 2 N–H and O–H groups in total. The van der Waals surface area contributed by atoms with Crippen molar-refractivity contribution < 1.29 is 14.7 Å². The van der Waals surface area contributed by atoms with Crippen molar-refractivity contribution in [1.82, 2.24) is 15.1 Å². The molecule has 0 aliphatic heterocycles. The first kappa shape index (κ1) is 10.2. The van der Waals surface area contributed by atoms with Crippen LogP contribution in [0.5, 0.6) is 0 Å². The van der Waals surface area contributed by atoms with Crippen LogP contribution in [0, 0.1) is 0 Å². The predicted octanol–water partition coefficient (Wildman–Crippen LogP) is -0.318. The van der Waals surface area contributed by atoms with Gasteiger partial charge < -0.3 is 10.4 Å². The minimum atomic E-state index is -1.13. The molecule has 1 heterocycles. The van der Waals surface area contributed by atoms with Gasteiger partial charge in [-0.3, -0.25) is 9.48 Å². The second kappa shape index (κ2) is 3.91. The quantitative estimate of drug-likeness (QED) is 0.695. The van der Waals surface area contributed by atoms with Crippen LogP contribution in [0.2, 0.25) is 0 Å². The zero-order valence-electron chi connectivity index (χ0n) is 7.89. The van der Waals surface area contributed by atoms with E-state index < -0.39 is 17.9 Å². The highest BCUT2D eigenvalue weighted by atomic mass is 16.4. The standard InChI is InChI=1S/C8H11N3O3/c1-5(12)9-7(8(13)14)6-3-4-11(2)10-6/h3-4,7H,1-2H3,(H,9,12)(H,13,14). The van der Waals surface area contributed by atoms with E-state index in [0.29, 0.717) is 5.69 Å². The molecule has 6 heteroatoms. The molecular weight excluding hydrogens is 186 g/mol. The fourth-order valence-corrected chi connectivity index (χ4v) is 1.05. The maximum atomic E-state index is 10.8. The van der Waals surface area contributed by atoms with Crippen LogP contribution in [-0.4, -0.2) is 26.8 Å². The number of carbonyl (C=O) groups is 2. The Labute approximate surface area is 80.5 Å². The number of carbonyl (C=O) groups excluding carboxylic acids is 1. The second-order valence-electron chi connectivity index (χ2n) is 2.89. The number of rotatable bonds is 3. The fourth-order valence-electron chi connectivity index (χ4n) is 1.05. The van der Waals surface area contributed by atoms with Gasteiger partial charge in [0.25, 0.3) is 0 Å². The van der Waals surface area contributed by atoms with Crippen molar-refractivity contribution in [1.29, 1.82) is 0 Å². The van der Waals surface area contributed by atoms with E-state index >= 15 is 0 Å². The molecule has 0 radical (unpaired) electrons. The van der Waals surface area contributed by atoms with E-state index in [1.165, 1.54) is 11.6 Å². The van der Waals surface area contributed by atoms with Crippen LogP contribution in [0.1, 0.15) is 18.7 Å². The lowest BCUT2D eigenvalue weighted by Gasteiger charge is -2.09. The lowest BCUT2D eigenvalue weighted by atomic mass is 10.2. The number of aliphatic carboxylic acids is 1. The monoisotopic (exact) mass is 197 g/mol. The van der Waals surface area contributed by atoms with Gasteiger partial charge in [-0.25, -0.2) is 4.79 Å². The van der Waals surface area contributed by atoms with Gasteiger partial charge in [-0.2, -0.15) is 5.10 Å². The summed E-state index contributed by atoms with van der Waals surface area (Å²) in [6.45, 7) is 1.26. The van der Waals surface area contributed by atoms with Gasteiger partial charge in [-0.1, -0.05) is 0 Å². The van der Waals surface area contributed by atoms with Gasteiger partial charge in [-0.15, -0.1) is 0 Å². The maximum Gasteiger partial charge on any atom is 0.332 e. The molecular formula is C8H11N3O3. The Kier molecular flexibility index (Phi) is 2.85. The van der Waals surface area contributed by atoms with Gasteiger partial charge in [0.2, 0.25) is 5.91 Å². The van der Waals surface area contributed by atoms with Gasteiger partial charge in [0.15, 0.2) is 6.04 Å². The summed E-state index contributed by atoms with van der Waals surface area (Å²) in [5, 5.41) is 15.0. The van der Waals surface area contributed by atoms with Gasteiger partial charge in [0.05, 0.1) is 5.69 Å². The summed E-state index contributed by atoms with van der Waals surface area (Å²) < 4.78 is 1.48. The van der Waals surface area contributed by atoms with Crippen LogP contribution in [0.25, 0.3) is 0 Å². The van der Waals surface area contributed by atoms with E-state index in [4.69, 9.17) is 5.11 Å². The molecule has 0 fully saturated rings. The summed E-state index contributed by atoms with van der Waals surface area (Å²) in [7, 11) is 1.68. The molecule has 14 heavy (non-hydrogen) atoms. The van der Waals surface area contributed by atoms with Crippen molar-refractivity contribution in [3.8, 4) is 0 Å². The molecule has 0 aliphatic rings. The second-order valence-corrected chi connectivity index (χ2v) is 2.89. The molecule has 0 spiro atoms. The SMILES string of the molecule is CC(=O)NC(C(=O)O)c1ccn(C)n1. The molecule has 1 rings (SSSR count). The zero-order chi connectivity index (χ0) is 10.7. The van der Waals surface area contributed by atoms with Crippen molar-refractivity contribution in [3.05, 3.63) is 18.0 Å². The summed E-state index contributed by atoms with van der Waals surface area (Å²) in [4.78, 5) is 21.5. The number of nitrogens with one attached hydrogen (secondary N) is 1. The lowest BCUT2D eigenvalue weighted by Crippen LogP contribution is -2.32. The molecule has 0 aromatic carbocycles. The van der Waals surface area contributed by atoms with E-state index in [1.807, 2.05) is 0 Å². The molecule has 1 amide bonds. The van der Waals surface area contributed by atoms with Crippen LogP contribution < -0.4 is 5.32 Å². The first-order valence-corrected chi connectivity index (χ1v) is 4.00. The minimum Gasteiger partial charge on any atom is -0.479 e. The van der Waals surface area contributed by atoms with Crippen molar-refractivity contribution in [3.63, 3.8) is 0 Å². The lowest BCUT2D eigenvalue weighted by molar-refractivity contribution is -0.141. The highest BCUT2D eigenvalue weighted by molar-refractivity contribution is 5.82. The molecule has 0 saturated carbocycles. The summed E-state index contributed by atoms with van der Waals surface area (Å²) in [6.07, 6.45) is 1.62. The molecule has 6 nitrogen and oxygen atoms in total. The number of amides is 1. The molecule has 1 aromatic rings. The Morgan fingerprint density at radius 3 is 2.64 bits per heavy atom. The summed E-state index contributed by atoms with van der Waals surface area (Å²) in [6, 6.07) is 0.475. The topological polar surface area (TPSA) is 84.2 Å². The Bertz CT molecular complexity index is 358. The largest absolute Gasteiger partial charge is 0.479 e. The molecule has 1 unspecified atom stereocenters. The molecule has 1 atom stereocenters. The Hall–Kier alpha value is -1.85. The average Bonchev–Trinajstić information content (AvgIpc) is 2.46. The van der Waals surface area contributed by atoms with Gasteiger partial charge >= 0.3 is 5.97 Å². The van der Waals surface area contributed by atoms with E-state index in [9.17, 15) is 9.59 Å². The summed E-state index contributed by atoms with van der Waals surface area (Å²) in [5.41, 5.74) is 0.315.